The molecule has 7 nitrogen and oxygen atoms in total. The van der Waals surface area contributed by atoms with Crippen LogP contribution in [-0.2, 0) is 30.3 Å². The van der Waals surface area contributed by atoms with Gasteiger partial charge in [-0.1, -0.05) is 57.0 Å². The first-order valence-electron chi connectivity index (χ1n) is 10.5. The minimum Gasteiger partial charge on any atom is -0.454 e. The van der Waals surface area contributed by atoms with E-state index in [1.807, 2.05) is 25.1 Å². The van der Waals surface area contributed by atoms with Crippen molar-refractivity contribution in [2.45, 2.75) is 42.4 Å². The number of carbonyl (C=O) groups excluding carboxylic acids is 4. The minimum atomic E-state index is -1.07. The second kappa shape index (κ2) is 8.65. The van der Waals surface area contributed by atoms with Crippen LogP contribution in [0.4, 0.5) is 5.69 Å². The van der Waals surface area contributed by atoms with Gasteiger partial charge in [0, 0.05) is 15.3 Å². The van der Waals surface area contributed by atoms with Crippen molar-refractivity contribution in [2.24, 2.45) is 23.7 Å². The molecule has 1 aromatic carbocycles. The summed E-state index contributed by atoms with van der Waals surface area (Å²) >= 11 is 7.29. The number of likely N-dealkylation sites (tertiary alicyclic amines) is 1. The number of fused-ring (bicyclic) bond motifs is 5. The molecule has 166 valence electrons. The van der Waals surface area contributed by atoms with E-state index in [1.54, 1.807) is 6.07 Å². The smallest absolute Gasteiger partial charge is 0.329 e. The molecule has 1 N–H and O–H groups in total. The molecule has 3 aliphatic rings. The number of carbonyl (C=O) groups is 4. The van der Waals surface area contributed by atoms with Crippen molar-refractivity contribution in [2.75, 3.05) is 11.9 Å². The lowest BCUT2D eigenvalue weighted by Gasteiger charge is -2.28. The molecule has 4 rings (SSSR count). The first kappa shape index (κ1) is 22.5. The molecule has 1 heterocycles. The zero-order valence-corrected chi connectivity index (χ0v) is 20.4. The molecule has 1 aliphatic heterocycles. The van der Waals surface area contributed by atoms with Crippen LogP contribution in [0.5, 0.6) is 0 Å². The summed E-state index contributed by atoms with van der Waals surface area (Å²) in [6, 6.07) is 6.32. The van der Waals surface area contributed by atoms with Crippen LogP contribution >= 0.6 is 31.9 Å². The summed E-state index contributed by atoms with van der Waals surface area (Å²) in [5.41, 5.74) is 1.64. The molecule has 3 amide bonds. The molecular formula is C22H24Br2N2O5. The molecule has 3 fully saturated rings. The first-order valence-corrected chi connectivity index (χ1v) is 12.3. The van der Waals surface area contributed by atoms with E-state index in [1.165, 1.54) is 6.92 Å². The molecule has 7 atom stereocenters. The second-order valence-electron chi connectivity index (χ2n) is 8.39. The number of hydrogen-bond donors (Lipinski definition) is 1. The molecule has 1 aromatic rings. The standard InChI is InChI=1S/C22H24Br2N2O5/c1-3-11-6-4-5-7-14(11)25-15(27)9-31-22(30)10(2)26-20(28)16-12-8-13(17(16)21(26)29)19(24)18(12)23/h4-7,10,12-13,16-19H,3,8-9H2,1-2H3,(H,25,27)/t10-,12+,13+,16+,17+,18-,19+/m0/s1. The number of nitrogens with one attached hydrogen (secondary N) is 1. The van der Waals surface area contributed by atoms with Gasteiger partial charge in [0.15, 0.2) is 6.61 Å². The highest BCUT2D eigenvalue weighted by Crippen LogP contribution is 2.60. The second-order valence-corrected chi connectivity index (χ2v) is 10.5. The van der Waals surface area contributed by atoms with Gasteiger partial charge < -0.3 is 10.1 Å². The number of nitrogens with zero attached hydrogens (tertiary/aromatic N) is 1. The highest BCUT2D eigenvalue weighted by Gasteiger charge is 2.67. The van der Waals surface area contributed by atoms with E-state index in [0.717, 1.165) is 23.3 Å². The fourth-order valence-corrected chi connectivity index (χ4v) is 7.13. The van der Waals surface area contributed by atoms with Crippen molar-refractivity contribution in [3.8, 4) is 0 Å². The monoisotopic (exact) mass is 554 g/mol. The number of anilines is 1. The Hall–Kier alpha value is -1.74. The van der Waals surface area contributed by atoms with Crippen LogP contribution in [-0.4, -0.2) is 50.9 Å². The van der Waals surface area contributed by atoms with Gasteiger partial charge in [0.2, 0.25) is 11.8 Å². The van der Waals surface area contributed by atoms with Gasteiger partial charge in [-0.15, -0.1) is 0 Å². The lowest BCUT2D eigenvalue weighted by atomic mass is 9.81. The Morgan fingerprint density at radius 2 is 1.71 bits per heavy atom. The average molecular weight is 556 g/mol. The zero-order chi connectivity index (χ0) is 22.4. The number of aryl methyl sites for hydroxylation is 1. The third kappa shape index (κ3) is 3.73. The number of para-hydroxylation sites is 1. The van der Waals surface area contributed by atoms with Crippen molar-refractivity contribution >= 4 is 61.2 Å². The van der Waals surface area contributed by atoms with Gasteiger partial charge in [0.05, 0.1) is 11.8 Å². The van der Waals surface area contributed by atoms with Gasteiger partial charge in [-0.05, 0) is 43.2 Å². The van der Waals surface area contributed by atoms with Crippen LogP contribution in [0, 0.1) is 23.7 Å². The van der Waals surface area contributed by atoms with Crippen molar-refractivity contribution in [1.82, 2.24) is 4.90 Å². The van der Waals surface area contributed by atoms with Gasteiger partial charge in [-0.3, -0.25) is 19.3 Å². The fourth-order valence-electron chi connectivity index (χ4n) is 5.25. The molecule has 31 heavy (non-hydrogen) atoms. The summed E-state index contributed by atoms with van der Waals surface area (Å²) in [6.45, 7) is 2.97. The lowest BCUT2D eigenvalue weighted by Crippen LogP contribution is -2.45. The summed E-state index contributed by atoms with van der Waals surface area (Å²) < 4.78 is 5.14. The Kier molecular flexibility index (Phi) is 6.27. The quantitative estimate of drug-likeness (QED) is 0.331. The number of alkyl halides is 2. The van der Waals surface area contributed by atoms with Crippen LogP contribution in [0.15, 0.2) is 24.3 Å². The average Bonchev–Trinajstić information content (AvgIpc) is 3.36. The molecule has 1 saturated heterocycles. The summed E-state index contributed by atoms with van der Waals surface area (Å²) in [7, 11) is 0. The van der Waals surface area contributed by atoms with E-state index in [4.69, 9.17) is 4.74 Å². The third-order valence-corrected chi connectivity index (χ3v) is 9.97. The van der Waals surface area contributed by atoms with E-state index in [0.29, 0.717) is 5.69 Å². The molecular weight excluding hydrogens is 532 g/mol. The summed E-state index contributed by atoms with van der Waals surface area (Å²) in [6.07, 6.45) is 1.58. The van der Waals surface area contributed by atoms with Gasteiger partial charge in [0.1, 0.15) is 6.04 Å². The molecule has 2 bridgehead atoms. The normalized spacial score (nSPS) is 32.2. The van der Waals surface area contributed by atoms with E-state index in [-0.39, 0.29) is 45.1 Å². The van der Waals surface area contributed by atoms with Gasteiger partial charge >= 0.3 is 5.97 Å². The lowest BCUT2D eigenvalue weighted by molar-refractivity contribution is -0.159. The van der Waals surface area contributed by atoms with Gasteiger partial charge in [0.25, 0.3) is 5.91 Å². The van der Waals surface area contributed by atoms with Crippen LogP contribution < -0.4 is 5.32 Å². The summed E-state index contributed by atoms with van der Waals surface area (Å²) in [5.74, 6) is -2.48. The molecule has 0 radical (unpaired) electrons. The van der Waals surface area contributed by atoms with Crippen molar-refractivity contribution < 1.29 is 23.9 Å². The van der Waals surface area contributed by atoms with Crippen LogP contribution in [0.3, 0.4) is 0 Å². The minimum absolute atomic E-state index is 0.0773. The van der Waals surface area contributed by atoms with Crippen LogP contribution in [0.1, 0.15) is 25.8 Å². The maximum absolute atomic E-state index is 13.0. The Labute approximate surface area is 197 Å². The topological polar surface area (TPSA) is 92.8 Å². The molecule has 2 saturated carbocycles. The highest BCUT2D eigenvalue weighted by atomic mass is 79.9. The maximum atomic E-state index is 13.0. The summed E-state index contributed by atoms with van der Waals surface area (Å²) in [5, 5.41) is 2.73. The Morgan fingerprint density at radius 1 is 1.13 bits per heavy atom. The maximum Gasteiger partial charge on any atom is 0.329 e. The first-order chi connectivity index (χ1) is 14.8. The Bertz CT molecular complexity index is 906. The zero-order valence-electron chi connectivity index (χ0n) is 17.2. The highest BCUT2D eigenvalue weighted by molar-refractivity contribution is 9.12. The number of halogens is 2. The number of esters is 1. The third-order valence-electron chi connectivity index (χ3n) is 6.77. The molecule has 0 aromatic heterocycles. The van der Waals surface area contributed by atoms with E-state index in [2.05, 4.69) is 37.2 Å². The van der Waals surface area contributed by atoms with Gasteiger partial charge in [-0.25, -0.2) is 4.79 Å². The van der Waals surface area contributed by atoms with Crippen LogP contribution in [0.25, 0.3) is 0 Å². The molecule has 0 unspecified atom stereocenters. The van der Waals surface area contributed by atoms with E-state index < -0.39 is 24.5 Å². The van der Waals surface area contributed by atoms with E-state index >= 15 is 0 Å². The van der Waals surface area contributed by atoms with Gasteiger partial charge in [-0.2, -0.15) is 0 Å². The number of imide groups is 1. The predicted molar refractivity (Wildman–Crippen MR) is 121 cm³/mol. The van der Waals surface area contributed by atoms with Crippen molar-refractivity contribution in [3.05, 3.63) is 29.8 Å². The number of benzene rings is 1. The molecule has 2 aliphatic carbocycles. The summed E-state index contributed by atoms with van der Waals surface area (Å²) in [4.78, 5) is 52.1. The molecule has 9 heteroatoms. The predicted octanol–water partition coefficient (Wildman–Crippen LogP) is 2.90. The number of rotatable bonds is 6. The van der Waals surface area contributed by atoms with Crippen LogP contribution in [0.2, 0.25) is 0 Å². The number of amides is 3. The largest absolute Gasteiger partial charge is 0.454 e. The fraction of sp³-hybridized carbons (Fsp3) is 0.545. The Morgan fingerprint density at radius 3 is 2.29 bits per heavy atom. The number of ether oxygens (including phenoxy) is 1. The van der Waals surface area contributed by atoms with Crippen molar-refractivity contribution in [1.29, 1.82) is 0 Å². The number of hydrogen-bond acceptors (Lipinski definition) is 5. The van der Waals surface area contributed by atoms with E-state index in [9.17, 15) is 19.2 Å². The van der Waals surface area contributed by atoms with Crippen molar-refractivity contribution in [3.63, 3.8) is 0 Å². The SMILES string of the molecule is CCc1ccccc1NC(=O)COC(=O)[C@H](C)N1C(=O)[C@@H]2[C@H]3C[C@@H]([C@@H](Br)[C@H]3Br)[C@H]2C1=O. The Balaban J connectivity index is 1.37. The molecule has 0 spiro atoms.